The molecule has 0 radical (unpaired) electrons. The summed E-state index contributed by atoms with van der Waals surface area (Å²) in [7, 11) is 0. The molecule has 12 nitrogen and oxygen atoms in total. The number of hydrogen-bond donors (Lipinski definition) is 3. The van der Waals surface area contributed by atoms with E-state index in [2.05, 4.69) is 20.6 Å². The number of anilines is 2. The summed E-state index contributed by atoms with van der Waals surface area (Å²) < 4.78 is 21.9. The van der Waals surface area contributed by atoms with E-state index < -0.39 is 30.5 Å². The van der Waals surface area contributed by atoms with Crippen LogP contribution in [0.25, 0.3) is 11.1 Å². The lowest BCUT2D eigenvalue weighted by atomic mass is 10.1. The van der Waals surface area contributed by atoms with Crippen LogP contribution in [0.1, 0.15) is 0 Å². The van der Waals surface area contributed by atoms with Crippen LogP contribution in [0.3, 0.4) is 0 Å². The van der Waals surface area contributed by atoms with Crippen molar-refractivity contribution in [3.63, 3.8) is 0 Å². The first-order valence-electron chi connectivity index (χ1n) is 10.7. The molecule has 35 heavy (non-hydrogen) atoms. The number of pyridine rings is 1. The van der Waals surface area contributed by atoms with Gasteiger partial charge in [-0.25, -0.2) is 18.9 Å². The highest BCUT2D eigenvalue weighted by molar-refractivity contribution is 5.90. The maximum atomic E-state index is 15.0. The second-order valence-corrected chi connectivity index (χ2v) is 7.64. The van der Waals surface area contributed by atoms with Crippen LogP contribution >= 0.6 is 0 Å². The Balaban J connectivity index is 1.42. The van der Waals surface area contributed by atoms with E-state index in [-0.39, 0.29) is 19.6 Å². The molecule has 1 atom stereocenters. The van der Waals surface area contributed by atoms with Gasteiger partial charge in [-0.3, -0.25) is 15.1 Å². The molecule has 2 amide bonds. The second kappa shape index (κ2) is 10.7. The number of carbonyl (C=O) groups is 2. The highest BCUT2D eigenvalue weighted by atomic mass is 19.1. The summed E-state index contributed by atoms with van der Waals surface area (Å²) >= 11 is 0. The Morgan fingerprint density at radius 1 is 1.37 bits per heavy atom. The summed E-state index contributed by atoms with van der Waals surface area (Å²) in [6, 6.07) is 7.78. The van der Waals surface area contributed by atoms with Gasteiger partial charge in [0.05, 0.1) is 31.3 Å². The summed E-state index contributed by atoms with van der Waals surface area (Å²) in [5.41, 5.74) is 1.20. The van der Waals surface area contributed by atoms with Crippen LogP contribution in [0.4, 0.5) is 20.7 Å². The molecule has 1 saturated heterocycles. The number of aliphatic hydroxyl groups excluding tert-OH is 1. The maximum absolute atomic E-state index is 15.0. The van der Waals surface area contributed by atoms with Gasteiger partial charge in [0.25, 0.3) is 0 Å². The predicted octanol–water partition coefficient (Wildman–Crippen LogP) is 1.03. The van der Waals surface area contributed by atoms with Gasteiger partial charge in [-0.15, -0.1) is 5.10 Å². The van der Waals surface area contributed by atoms with Gasteiger partial charge >= 0.3 is 6.09 Å². The molecule has 0 saturated carbocycles. The van der Waals surface area contributed by atoms with Crippen LogP contribution in [0.15, 0.2) is 48.9 Å². The molecule has 182 valence electrons. The molecule has 2 aromatic heterocycles. The van der Waals surface area contributed by atoms with E-state index in [1.54, 1.807) is 35.1 Å². The van der Waals surface area contributed by atoms with Crippen molar-refractivity contribution >= 4 is 29.8 Å². The molecule has 1 aliphatic heterocycles. The minimum atomic E-state index is -0.607. The third-order valence-electron chi connectivity index (χ3n) is 5.33. The van der Waals surface area contributed by atoms with E-state index in [1.807, 2.05) is 0 Å². The molecule has 0 bridgehead atoms. The number of rotatable bonds is 10. The number of aliphatic hydroxyl groups is 1. The van der Waals surface area contributed by atoms with Gasteiger partial charge in [0, 0.05) is 36.6 Å². The van der Waals surface area contributed by atoms with Crippen LogP contribution in [0.2, 0.25) is 0 Å². The van der Waals surface area contributed by atoms with Gasteiger partial charge in [0.2, 0.25) is 5.91 Å². The SMILES string of the molecule is N=CN(CCNC(=O)CO)c1ccc(-c2ccc(N3CC(Cn4ccnn4)OC3=O)cc2F)cn1. The first-order chi connectivity index (χ1) is 17.0. The molecule has 3 N–H and O–H groups in total. The van der Waals surface area contributed by atoms with Gasteiger partial charge in [-0.1, -0.05) is 5.21 Å². The Labute approximate surface area is 199 Å². The fraction of sp³-hybridized carbons (Fsp3) is 0.273. The number of aromatic nitrogens is 4. The first kappa shape index (κ1) is 23.8. The molecule has 1 fully saturated rings. The number of amides is 2. The van der Waals surface area contributed by atoms with Crippen molar-refractivity contribution in [3.05, 3.63) is 54.7 Å². The fourth-order valence-electron chi connectivity index (χ4n) is 3.60. The van der Waals surface area contributed by atoms with Gasteiger partial charge in [0.15, 0.2) is 0 Å². The highest BCUT2D eigenvalue weighted by Crippen LogP contribution is 2.29. The smallest absolute Gasteiger partial charge is 0.414 e. The minimum absolute atomic E-state index is 0.215. The molecular formula is C22H23FN8O4. The van der Waals surface area contributed by atoms with Crippen molar-refractivity contribution in [2.75, 3.05) is 36.0 Å². The molecule has 1 aromatic carbocycles. The maximum Gasteiger partial charge on any atom is 0.414 e. The van der Waals surface area contributed by atoms with Gasteiger partial charge in [-0.05, 0) is 30.3 Å². The molecule has 4 rings (SSSR count). The third kappa shape index (κ3) is 5.58. The predicted molar refractivity (Wildman–Crippen MR) is 123 cm³/mol. The van der Waals surface area contributed by atoms with Crippen LogP contribution < -0.4 is 15.1 Å². The fourth-order valence-corrected chi connectivity index (χ4v) is 3.60. The Kier molecular flexibility index (Phi) is 7.26. The lowest BCUT2D eigenvalue weighted by Gasteiger charge is -2.18. The number of ether oxygens (including phenoxy) is 1. The second-order valence-electron chi connectivity index (χ2n) is 7.64. The lowest BCUT2D eigenvalue weighted by Crippen LogP contribution is -2.35. The van der Waals surface area contributed by atoms with Crippen molar-refractivity contribution in [2.45, 2.75) is 12.6 Å². The van der Waals surface area contributed by atoms with Crippen LogP contribution in [0, 0.1) is 11.2 Å². The number of nitrogens with zero attached hydrogens (tertiary/aromatic N) is 6. The third-order valence-corrected chi connectivity index (χ3v) is 5.33. The average Bonchev–Trinajstić information content (AvgIpc) is 3.51. The number of halogens is 1. The van der Waals surface area contributed by atoms with E-state index in [0.29, 0.717) is 29.2 Å². The molecule has 1 aliphatic rings. The summed E-state index contributed by atoms with van der Waals surface area (Å²) in [5.74, 6) is -0.595. The molecule has 3 aromatic rings. The van der Waals surface area contributed by atoms with Gasteiger partial charge in [-0.2, -0.15) is 0 Å². The molecule has 1 unspecified atom stereocenters. The zero-order valence-corrected chi connectivity index (χ0v) is 18.5. The molecule has 0 aliphatic carbocycles. The number of nitrogens with one attached hydrogen (secondary N) is 2. The molecule has 0 spiro atoms. The van der Waals surface area contributed by atoms with E-state index in [4.69, 9.17) is 15.3 Å². The topological polar surface area (TPSA) is 150 Å². The van der Waals surface area contributed by atoms with Gasteiger partial charge in [0.1, 0.15) is 24.3 Å². The van der Waals surface area contributed by atoms with Crippen molar-refractivity contribution in [1.29, 1.82) is 5.41 Å². The number of benzene rings is 1. The summed E-state index contributed by atoms with van der Waals surface area (Å²) in [4.78, 5) is 30.6. The van der Waals surface area contributed by atoms with Crippen molar-refractivity contribution < 1.29 is 23.8 Å². The first-order valence-corrected chi connectivity index (χ1v) is 10.7. The van der Waals surface area contributed by atoms with E-state index in [9.17, 15) is 14.0 Å². The monoisotopic (exact) mass is 482 g/mol. The zero-order valence-electron chi connectivity index (χ0n) is 18.5. The normalized spacial score (nSPS) is 15.1. The highest BCUT2D eigenvalue weighted by Gasteiger charge is 2.33. The van der Waals surface area contributed by atoms with E-state index in [0.717, 1.165) is 6.34 Å². The van der Waals surface area contributed by atoms with Crippen LogP contribution in [-0.4, -0.2) is 75.8 Å². The Morgan fingerprint density at radius 3 is 2.89 bits per heavy atom. The standard InChI is InChI=1S/C22H23FN8O4/c23-19-9-16(31-12-17(35-22(31)34)11-30-8-6-27-28-30)2-3-18(19)15-1-4-20(26-10-15)29(14-24)7-5-25-21(33)13-32/h1-4,6,8-10,14,17,24,32H,5,7,11-13H2,(H,25,33). The number of carbonyl (C=O) groups excluding carboxylic acids is 2. The van der Waals surface area contributed by atoms with E-state index >= 15 is 0 Å². The Bertz CT molecular complexity index is 1190. The Morgan fingerprint density at radius 2 is 2.23 bits per heavy atom. The minimum Gasteiger partial charge on any atom is -0.442 e. The van der Waals surface area contributed by atoms with Gasteiger partial charge < -0.3 is 20.1 Å². The quantitative estimate of drug-likeness (QED) is 0.286. The van der Waals surface area contributed by atoms with Crippen molar-refractivity contribution in [1.82, 2.24) is 25.3 Å². The molecule has 3 heterocycles. The Hall–Kier alpha value is -4.39. The molecular weight excluding hydrogens is 459 g/mol. The molecule has 13 heteroatoms. The van der Waals surface area contributed by atoms with Crippen molar-refractivity contribution in [2.24, 2.45) is 0 Å². The summed E-state index contributed by atoms with van der Waals surface area (Å²) in [6.45, 7) is 0.485. The number of hydrogen-bond acceptors (Lipinski definition) is 8. The van der Waals surface area contributed by atoms with Crippen LogP contribution in [-0.2, 0) is 16.1 Å². The summed E-state index contributed by atoms with van der Waals surface area (Å²) in [6.07, 6.45) is 4.75. The van der Waals surface area contributed by atoms with Crippen molar-refractivity contribution in [3.8, 4) is 11.1 Å². The largest absolute Gasteiger partial charge is 0.442 e. The number of cyclic esters (lactones) is 1. The average molecular weight is 482 g/mol. The zero-order chi connectivity index (χ0) is 24.8. The summed E-state index contributed by atoms with van der Waals surface area (Å²) in [5, 5.41) is 26.4. The van der Waals surface area contributed by atoms with Crippen LogP contribution in [0.5, 0.6) is 0 Å². The lowest BCUT2D eigenvalue weighted by molar-refractivity contribution is -0.123. The van der Waals surface area contributed by atoms with E-state index in [1.165, 1.54) is 28.3 Å².